The molecule has 1 unspecified atom stereocenters. The molecule has 1 N–H and O–H groups in total. The molecule has 1 aromatic heterocycles. The van der Waals surface area contributed by atoms with Crippen LogP contribution in [0.1, 0.15) is 55.5 Å². The van der Waals surface area contributed by atoms with Gasteiger partial charge < -0.3 is 19.5 Å². The van der Waals surface area contributed by atoms with Gasteiger partial charge in [0.2, 0.25) is 11.1 Å². The molecule has 0 fully saturated rings. The van der Waals surface area contributed by atoms with Crippen LogP contribution in [0.5, 0.6) is 11.5 Å². The Kier molecular flexibility index (Phi) is 10.6. The van der Waals surface area contributed by atoms with Crippen LogP contribution in [0.4, 0.5) is 5.95 Å². The van der Waals surface area contributed by atoms with Crippen molar-refractivity contribution in [1.82, 2.24) is 14.8 Å². The van der Waals surface area contributed by atoms with Gasteiger partial charge in [-0.15, -0.1) is 5.10 Å². The number of carbonyl (C=O) groups excluding carboxylic acids is 1. The highest BCUT2D eigenvalue weighted by molar-refractivity contribution is 9.10. The van der Waals surface area contributed by atoms with Gasteiger partial charge in [0, 0.05) is 16.5 Å². The van der Waals surface area contributed by atoms with E-state index in [9.17, 15) is 4.79 Å². The summed E-state index contributed by atoms with van der Waals surface area (Å²) in [5, 5.41) is 9.35. The fraction of sp³-hybridized carbons (Fsp3) is 0.303. The minimum Gasteiger partial charge on any atom is -0.490 e. The average molecular weight is 698 g/mol. The van der Waals surface area contributed by atoms with Crippen LogP contribution < -0.4 is 14.8 Å². The van der Waals surface area contributed by atoms with Crippen LogP contribution in [0.15, 0.2) is 81.6 Å². The van der Waals surface area contributed by atoms with Crippen LogP contribution in [0.3, 0.4) is 0 Å². The third-order valence-electron chi connectivity index (χ3n) is 6.96. The Labute approximate surface area is 275 Å². The number of nitrogens with zero attached hydrogens (tertiary/aromatic N) is 3. The highest BCUT2D eigenvalue weighted by atomic mass is 79.9. The fourth-order valence-corrected chi connectivity index (χ4v) is 6.47. The van der Waals surface area contributed by atoms with Crippen molar-refractivity contribution < 1.29 is 19.0 Å². The number of halogens is 2. The molecule has 1 atom stereocenters. The molecule has 0 saturated heterocycles. The number of fused-ring (bicyclic) bond motifs is 1. The number of hydrogen-bond donors (Lipinski definition) is 1. The van der Waals surface area contributed by atoms with E-state index in [0.717, 1.165) is 16.7 Å². The monoisotopic (exact) mass is 696 g/mol. The van der Waals surface area contributed by atoms with Gasteiger partial charge in [-0.1, -0.05) is 78.3 Å². The summed E-state index contributed by atoms with van der Waals surface area (Å²) in [6, 6.07) is 19.1. The van der Waals surface area contributed by atoms with Crippen molar-refractivity contribution in [2.75, 3.05) is 18.5 Å². The Bertz CT molecular complexity index is 1680. The molecule has 1 aliphatic heterocycles. The Hall–Kier alpha value is -3.47. The molecule has 3 aromatic carbocycles. The van der Waals surface area contributed by atoms with Crippen LogP contribution >= 0.6 is 39.3 Å². The minimum absolute atomic E-state index is 0.311. The van der Waals surface area contributed by atoms with Crippen molar-refractivity contribution in [1.29, 1.82) is 0 Å². The number of carbonyl (C=O) groups is 1. The number of benzene rings is 3. The third-order valence-corrected chi connectivity index (χ3v) is 8.80. The van der Waals surface area contributed by atoms with Gasteiger partial charge in [0.25, 0.3) is 0 Å². The zero-order valence-electron chi connectivity index (χ0n) is 25.0. The number of nitrogens with one attached hydrogen (secondary N) is 1. The first-order chi connectivity index (χ1) is 21.3. The first-order valence-corrected chi connectivity index (χ1v) is 16.6. The number of anilines is 1. The average Bonchev–Trinajstić information content (AvgIpc) is 3.41. The van der Waals surface area contributed by atoms with Gasteiger partial charge in [-0.05, 0) is 78.0 Å². The molecular formula is C33H34BrClN4O4S. The first kappa shape index (κ1) is 31.9. The number of aromatic nitrogens is 3. The third kappa shape index (κ3) is 7.25. The summed E-state index contributed by atoms with van der Waals surface area (Å²) >= 11 is 11.6. The minimum atomic E-state index is -0.626. The zero-order valence-corrected chi connectivity index (χ0v) is 28.2. The van der Waals surface area contributed by atoms with Crippen molar-refractivity contribution in [3.63, 3.8) is 0 Å². The lowest BCUT2D eigenvalue weighted by atomic mass is 9.95. The van der Waals surface area contributed by atoms with Crippen LogP contribution in [-0.4, -0.2) is 33.9 Å². The van der Waals surface area contributed by atoms with Crippen LogP contribution in [0.25, 0.3) is 0 Å². The second-order valence-electron chi connectivity index (χ2n) is 10.3. The van der Waals surface area contributed by atoms with E-state index in [-0.39, 0.29) is 0 Å². The zero-order chi connectivity index (χ0) is 31.2. The number of esters is 1. The van der Waals surface area contributed by atoms with E-state index in [1.165, 1.54) is 17.3 Å². The standard InChI is InChI=1S/C33H34BrClN4O4S/c1-5-15-42-31(40)28-21(4)36-32-37-33(44-19-23-9-7-8-10-26(23)35)38-39(32)29(28)24-16-25(34)30(27(17-24)41-6-2)43-18-22-13-11-20(3)12-14-22/h7-14,16-17,29H,5-6,15,18-19H2,1-4H3,(H,36,37,38). The smallest absolute Gasteiger partial charge is 0.338 e. The lowest BCUT2D eigenvalue weighted by Gasteiger charge is -2.29. The van der Waals surface area contributed by atoms with Gasteiger partial charge in [0.05, 0.1) is 23.3 Å². The highest BCUT2D eigenvalue weighted by Gasteiger charge is 2.36. The molecule has 230 valence electrons. The van der Waals surface area contributed by atoms with E-state index in [2.05, 4.69) is 40.3 Å². The summed E-state index contributed by atoms with van der Waals surface area (Å²) < 4.78 is 20.4. The molecule has 0 radical (unpaired) electrons. The molecule has 4 aromatic rings. The van der Waals surface area contributed by atoms with Crippen LogP contribution in [0, 0.1) is 6.92 Å². The fourth-order valence-electron chi connectivity index (χ4n) is 4.78. The maximum absolute atomic E-state index is 13.5. The highest BCUT2D eigenvalue weighted by Crippen LogP contribution is 2.44. The topological polar surface area (TPSA) is 87.5 Å². The van der Waals surface area contributed by atoms with E-state index in [1.54, 1.807) is 4.68 Å². The summed E-state index contributed by atoms with van der Waals surface area (Å²) in [4.78, 5) is 18.2. The first-order valence-electron chi connectivity index (χ1n) is 14.4. The van der Waals surface area contributed by atoms with E-state index in [1.807, 2.05) is 69.3 Å². The number of aryl methyl sites for hydroxylation is 1. The number of thioether (sulfide) groups is 1. The molecule has 0 bridgehead atoms. The molecule has 0 aliphatic carbocycles. The molecule has 44 heavy (non-hydrogen) atoms. The van der Waals surface area contributed by atoms with Crippen molar-refractivity contribution in [3.8, 4) is 11.5 Å². The lowest BCUT2D eigenvalue weighted by molar-refractivity contribution is -0.139. The van der Waals surface area contributed by atoms with Gasteiger partial charge in [0.1, 0.15) is 12.6 Å². The van der Waals surface area contributed by atoms with Crippen molar-refractivity contribution in [2.24, 2.45) is 0 Å². The number of rotatable bonds is 12. The summed E-state index contributed by atoms with van der Waals surface area (Å²) in [5.41, 5.74) is 5.07. The van der Waals surface area contributed by atoms with Gasteiger partial charge in [-0.2, -0.15) is 4.98 Å². The van der Waals surface area contributed by atoms with E-state index in [4.69, 9.17) is 35.9 Å². The Balaban J connectivity index is 1.52. The quantitative estimate of drug-likeness (QED) is 0.117. The molecule has 1 aliphatic rings. The predicted octanol–water partition coefficient (Wildman–Crippen LogP) is 8.51. The maximum atomic E-state index is 13.5. The molecule has 5 rings (SSSR count). The molecule has 0 amide bonds. The molecular weight excluding hydrogens is 664 g/mol. The summed E-state index contributed by atoms with van der Waals surface area (Å²) in [7, 11) is 0. The Morgan fingerprint density at radius 1 is 1.09 bits per heavy atom. The molecule has 2 heterocycles. The summed E-state index contributed by atoms with van der Waals surface area (Å²) in [5.74, 6) is 1.84. The van der Waals surface area contributed by atoms with Crippen LogP contribution in [0.2, 0.25) is 5.02 Å². The Morgan fingerprint density at radius 2 is 1.86 bits per heavy atom. The van der Waals surface area contributed by atoms with Gasteiger partial charge >= 0.3 is 5.97 Å². The van der Waals surface area contributed by atoms with Gasteiger partial charge in [-0.25, -0.2) is 9.48 Å². The number of hydrogen-bond acceptors (Lipinski definition) is 8. The number of ether oxygens (including phenoxy) is 3. The molecule has 11 heteroatoms. The number of allylic oxidation sites excluding steroid dienone is 1. The maximum Gasteiger partial charge on any atom is 0.338 e. The second-order valence-corrected chi connectivity index (χ2v) is 12.5. The van der Waals surface area contributed by atoms with Gasteiger partial charge in [0.15, 0.2) is 11.5 Å². The molecule has 8 nitrogen and oxygen atoms in total. The largest absolute Gasteiger partial charge is 0.490 e. The van der Waals surface area contributed by atoms with E-state index in [0.29, 0.717) is 75.4 Å². The van der Waals surface area contributed by atoms with Gasteiger partial charge in [-0.3, -0.25) is 0 Å². The van der Waals surface area contributed by atoms with Crippen molar-refractivity contribution >= 4 is 51.2 Å². The SMILES string of the molecule is CCCOC(=O)C1=C(C)Nc2nc(SCc3ccccc3Cl)nn2C1c1cc(Br)c(OCc2ccc(C)cc2)c(OCC)c1. The molecule has 0 spiro atoms. The van der Waals surface area contributed by atoms with E-state index >= 15 is 0 Å². The van der Waals surface area contributed by atoms with E-state index < -0.39 is 12.0 Å². The normalized spacial score (nSPS) is 14.2. The van der Waals surface area contributed by atoms with Crippen molar-refractivity contribution in [2.45, 2.75) is 57.7 Å². The Morgan fingerprint density at radius 3 is 2.59 bits per heavy atom. The summed E-state index contributed by atoms with van der Waals surface area (Å²) in [6.45, 7) is 8.90. The predicted molar refractivity (Wildman–Crippen MR) is 178 cm³/mol. The van der Waals surface area contributed by atoms with Crippen molar-refractivity contribution in [3.05, 3.63) is 104 Å². The lowest BCUT2D eigenvalue weighted by Crippen LogP contribution is -2.30. The molecule has 0 saturated carbocycles. The summed E-state index contributed by atoms with van der Waals surface area (Å²) in [6.07, 6.45) is 0.709. The van der Waals surface area contributed by atoms with Crippen LogP contribution in [-0.2, 0) is 21.9 Å². The second kappa shape index (κ2) is 14.5.